The highest BCUT2D eigenvalue weighted by Crippen LogP contribution is 2.41. The van der Waals surface area contributed by atoms with Gasteiger partial charge in [0.15, 0.2) is 0 Å². The van der Waals surface area contributed by atoms with Crippen LogP contribution in [0.15, 0.2) is 48.5 Å². The van der Waals surface area contributed by atoms with Crippen LogP contribution in [0.1, 0.15) is 41.9 Å². The van der Waals surface area contributed by atoms with Gasteiger partial charge >= 0.3 is 0 Å². The molecule has 0 saturated heterocycles. The highest BCUT2D eigenvalue weighted by molar-refractivity contribution is 5.47. The number of hydrogen-bond donors (Lipinski definition) is 2. The van der Waals surface area contributed by atoms with Crippen molar-refractivity contribution in [3.8, 4) is 0 Å². The molecule has 0 aliphatic heterocycles. The maximum atomic E-state index is 8.92. The molecule has 2 N–H and O–H groups in total. The summed E-state index contributed by atoms with van der Waals surface area (Å²) >= 11 is 0. The number of hydrogen-bond acceptors (Lipinski definition) is 2. The summed E-state index contributed by atoms with van der Waals surface area (Å²) in [5.74, 6) is 0.791. The van der Waals surface area contributed by atoms with Gasteiger partial charge < -0.3 is 10.4 Å². The van der Waals surface area contributed by atoms with Gasteiger partial charge in [-0.1, -0.05) is 36.4 Å². The van der Waals surface area contributed by atoms with E-state index in [4.69, 9.17) is 5.11 Å². The van der Waals surface area contributed by atoms with Crippen LogP contribution in [0.2, 0.25) is 0 Å². The summed E-state index contributed by atoms with van der Waals surface area (Å²) in [6, 6.07) is 17.3. The molecule has 3 rings (SSSR count). The molecule has 21 heavy (non-hydrogen) atoms. The second-order valence-corrected chi connectivity index (χ2v) is 5.85. The summed E-state index contributed by atoms with van der Waals surface area (Å²) in [7, 11) is 0. The van der Waals surface area contributed by atoms with Crippen molar-refractivity contribution < 1.29 is 5.11 Å². The van der Waals surface area contributed by atoms with E-state index in [2.05, 4.69) is 53.8 Å². The van der Waals surface area contributed by atoms with Crippen molar-refractivity contribution in [2.24, 2.45) is 0 Å². The SMILES string of the molecule is OCCCc1cccc(NCc2ccccc2C2CC2)c1. The lowest BCUT2D eigenvalue weighted by molar-refractivity contribution is 0.288. The fourth-order valence-corrected chi connectivity index (χ4v) is 2.81. The summed E-state index contributed by atoms with van der Waals surface area (Å²) in [4.78, 5) is 0. The van der Waals surface area contributed by atoms with Crippen molar-refractivity contribution in [3.63, 3.8) is 0 Å². The lowest BCUT2D eigenvalue weighted by Crippen LogP contribution is -2.03. The molecule has 110 valence electrons. The van der Waals surface area contributed by atoms with E-state index in [1.165, 1.54) is 29.5 Å². The van der Waals surface area contributed by atoms with Gasteiger partial charge in [-0.15, -0.1) is 0 Å². The summed E-state index contributed by atoms with van der Waals surface area (Å²) in [5, 5.41) is 12.5. The Morgan fingerprint density at radius 2 is 1.90 bits per heavy atom. The Hall–Kier alpha value is -1.80. The van der Waals surface area contributed by atoms with Crippen molar-refractivity contribution in [2.75, 3.05) is 11.9 Å². The zero-order chi connectivity index (χ0) is 14.5. The maximum absolute atomic E-state index is 8.92. The van der Waals surface area contributed by atoms with Gasteiger partial charge in [-0.3, -0.25) is 0 Å². The lowest BCUT2D eigenvalue weighted by Gasteiger charge is -2.12. The van der Waals surface area contributed by atoms with E-state index < -0.39 is 0 Å². The number of aryl methyl sites for hydroxylation is 1. The predicted molar refractivity (Wildman–Crippen MR) is 87.6 cm³/mol. The number of aliphatic hydroxyl groups excluding tert-OH is 1. The minimum Gasteiger partial charge on any atom is -0.396 e. The average Bonchev–Trinajstić information content (AvgIpc) is 3.36. The number of benzene rings is 2. The van der Waals surface area contributed by atoms with E-state index in [-0.39, 0.29) is 6.61 Å². The smallest absolute Gasteiger partial charge is 0.0434 e. The monoisotopic (exact) mass is 281 g/mol. The van der Waals surface area contributed by atoms with E-state index in [1.807, 2.05) is 0 Å². The minimum absolute atomic E-state index is 0.256. The predicted octanol–water partition coefficient (Wildman–Crippen LogP) is 4.10. The first-order chi connectivity index (χ1) is 10.4. The molecule has 2 nitrogen and oxygen atoms in total. The number of nitrogens with one attached hydrogen (secondary N) is 1. The molecule has 0 atom stereocenters. The summed E-state index contributed by atoms with van der Waals surface area (Å²) < 4.78 is 0. The first-order valence-electron chi connectivity index (χ1n) is 7.88. The third-order valence-corrected chi connectivity index (χ3v) is 4.11. The molecule has 2 aromatic rings. The van der Waals surface area contributed by atoms with Crippen molar-refractivity contribution in [1.82, 2.24) is 0 Å². The van der Waals surface area contributed by atoms with Crippen molar-refractivity contribution >= 4 is 5.69 Å². The molecule has 0 radical (unpaired) electrons. The number of rotatable bonds is 7. The lowest BCUT2D eigenvalue weighted by atomic mass is 10.0. The van der Waals surface area contributed by atoms with Crippen LogP contribution in [0.4, 0.5) is 5.69 Å². The molecule has 2 heteroatoms. The Balaban J connectivity index is 1.65. The largest absolute Gasteiger partial charge is 0.396 e. The molecule has 1 aliphatic rings. The standard InChI is InChI=1S/C19H23NO/c21-12-4-6-15-5-3-8-18(13-15)20-14-17-7-1-2-9-19(17)16-10-11-16/h1-3,5,7-9,13,16,20-21H,4,6,10-12,14H2. The summed E-state index contributed by atoms with van der Waals surface area (Å²) in [6.45, 7) is 1.14. The second kappa shape index (κ2) is 6.77. The fraction of sp³-hybridized carbons (Fsp3) is 0.368. The van der Waals surface area contributed by atoms with Gasteiger partial charge in [0.2, 0.25) is 0 Å². The third-order valence-electron chi connectivity index (χ3n) is 4.11. The van der Waals surface area contributed by atoms with Crippen LogP contribution >= 0.6 is 0 Å². The van der Waals surface area contributed by atoms with Gasteiger partial charge in [0.25, 0.3) is 0 Å². The molecular formula is C19H23NO. The van der Waals surface area contributed by atoms with E-state index in [1.54, 1.807) is 0 Å². The molecule has 0 amide bonds. The van der Waals surface area contributed by atoms with Crippen molar-refractivity contribution in [1.29, 1.82) is 0 Å². The first-order valence-corrected chi connectivity index (χ1v) is 7.88. The average molecular weight is 281 g/mol. The first kappa shape index (κ1) is 14.2. The Morgan fingerprint density at radius 3 is 2.71 bits per heavy atom. The van der Waals surface area contributed by atoms with E-state index in [0.717, 1.165) is 31.0 Å². The molecule has 0 aromatic heterocycles. The van der Waals surface area contributed by atoms with Gasteiger partial charge in [0, 0.05) is 18.8 Å². The van der Waals surface area contributed by atoms with Crippen molar-refractivity contribution in [3.05, 3.63) is 65.2 Å². The quantitative estimate of drug-likeness (QED) is 0.801. The fourth-order valence-electron chi connectivity index (χ4n) is 2.81. The zero-order valence-electron chi connectivity index (χ0n) is 12.4. The number of aliphatic hydroxyl groups is 1. The van der Waals surface area contributed by atoms with Crippen LogP contribution in [0.3, 0.4) is 0 Å². The normalized spacial score (nSPS) is 14.1. The third kappa shape index (κ3) is 3.85. The molecule has 1 fully saturated rings. The summed E-state index contributed by atoms with van der Waals surface area (Å²) in [5.41, 5.74) is 5.38. The Labute approximate surface area is 126 Å². The van der Waals surface area contributed by atoms with Crippen LogP contribution in [0.25, 0.3) is 0 Å². The molecule has 0 heterocycles. The number of anilines is 1. The minimum atomic E-state index is 0.256. The van der Waals surface area contributed by atoms with Gasteiger partial charge in [-0.25, -0.2) is 0 Å². The molecule has 2 aromatic carbocycles. The second-order valence-electron chi connectivity index (χ2n) is 5.85. The van der Waals surface area contributed by atoms with Crippen molar-refractivity contribution in [2.45, 2.75) is 38.1 Å². The molecule has 0 spiro atoms. The highest BCUT2D eigenvalue weighted by Gasteiger charge is 2.25. The van der Waals surface area contributed by atoms with Crippen LogP contribution in [-0.2, 0) is 13.0 Å². The zero-order valence-corrected chi connectivity index (χ0v) is 12.4. The van der Waals surface area contributed by atoms with E-state index in [9.17, 15) is 0 Å². The van der Waals surface area contributed by atoms with E-state index in [0.29, 0.717) is 0 Å². The van der Waals surface area contributed by atoms with Gasteiger partial charge in [-0.05, 0) is 60.4 Å². The van der Waals surface area contributed by atoms with E-state index >= 15 is 0 Å². The molecule has 1 aliphatic carbocycles. The molecule has 0 bridgehead atoms. The Kier molecular flexibility index (Phi) is 4.56. The molecular weight excluding hydrogens is 258 g/mol. The Bertz CT molecular complexity index is 590. The van der Waals surface area contributed by atoms with Gasteiger partial charge in [-0.2, -0.15) is 0 Å². The molecule has 1 saturated carbocycles. The van der Waals surface area contributed by atoms with Crippen LogP contribution in [-0.4, -0.2) is 11.7 Å². The van der Waals surface area contributed by atoms with Crippen LogP contribution < -0.4 is 5.32 Å². The topological polar surface area (TPSA) is 32.3 Å². The van der Waals surface area contributed by atoms with Gasteiger partial charge in [0.1, 0.15) is 0 Å². The summed E-state index contributed by atoms with van der Waals surface area (Å²) in [6.07, 6.45) is 4.44. The van der Waals surface area contributed by atoms with Crippen LogP contribution in [0, 0.1) is 0 Å². The molecule has 0 unspecified atom stereocenters. The maximum Gasteiger partial charge on any atom is 0.0434 e. The highest BCUT2D eigenvalue weighted by atomic mass is 16.2. The van der Waals surface area contributed by atoms with Crippen LogP contribution in [0.5, 0.6) is 0 Å². The van der Waals surface area contributed by atoms with Gasteiger partial charge in [0.05, 0.1) is 0 Å². The Morgan fingerprint density at radius 1 is 1.05 bits per heavy atom.